The molecule has 97 heavy (non-hydrogen) atoms. The number of allylic oxidation sites excluding steroid dienone is 36. The fraction of sp³-hybridized carbons (Fsp3) is 0.563. The third kappa shape index (κ3) is 79.2. The average molecular weight is 1360 g/mol. The zero-order valence-electron chi connectivity index (χ0n) is 61.2. The third-order valence-electron chi connectivity index (χ3n) is 15.4. The first-order chi connectivity index (χ1) is 47.8. The second kappa shape index (κ2) is 79.3. The Balaban J connectivity index is 3.97. The maximum atomic E-state index is 12.8. The molecule has 0 heterocycles. The molecule has 0 spiro atoms. The molecule has 0 aliphatic rings. The Bertz CT molecular complexity index is 2400. The molecule has 0 bridgehead atoms. The molecule has 0 radical (unpaired) electrons. The van der Waals surface area contributed by atoms with Gasteiger partial charge in [-0.3, -0.25) is 18.6 Å². The molecule has 0 amide bonds. The van der Waals surface area contributed by atoms with Crippen molar-refractivity contribution in [3.05, 3.63) is 219 Å². The molecular formula is C87H138NO8P. The number of carbonyl (C=O) groups excluding carboxylic acids is 2. The molecule has 0 fully saturated rings. The van der Waals surface area contributed by atoms with Crippen LogP contribution in [0.2, 0.25) is 0 Å². The minimum atomic E-state index is -4.41. The smallest absolute Gasteiger partial charge is 0.462 e. The number of esters is 2. The highest BCUT2D eigenvalue weighted by Crippen LogP contribution is 2.43. The molecule has 0 aliphatic carbocycles. The van der Waals surface area contributed by atoms with Gasteiger partial charge in [0.1, 0.15) is 6.61 Å². The molecule has 0 rings (SSSR count). The normalized spacial score (nSPS) is 14.1. The maximum Gasteiger partial charge on any atom is 0.472 e. The SMILES string of the molecule is CC/C=C\C/C=C\C/C=C\C/C=C\C/C=C\C/C=C\C/C=C\C/C=C\C/C=C\C/C=C\CCCCCCCCCCC(=O)OC(COC(=O)CCCCCCCCCCCCCC/C=C\C/C=C\C/C=C\C/C=C\C/C=C\C/C=C\C/C=C\C/C=C\CC)COP(=O)(O)OCCN. The Morgan fingerprint density at radius 1 is 0.309 bits per heavy atom. The summed E-state index contributed by atoms with van der Waals surface area (Å²) in [6.45, 7) is 3.49. The summed E-state index contributed by atoms with van der Waals surface area (Å²) in [4.78, 5) is 35.4. The van der Waals surface area contributed by atoms with Crippen LogP contribution in [-0.4, -0.2) is 49.3 Å². The van der Waals surface area contributed by atoms with Crippen LogP contribution in [0.5, 0.6) is 0 Å². The lowest BCUT2D eigenvalue weighted by Gasteiger charge is -2.19. The molecule has 0 saturated carbocycles. The number of rotatable bonds is 69. The van der Waals surface area contributed by atoms with Crippen molar-refractivity contribution in [3.8, 4) is 0 Å². The summed E-state index contributed by atoms with van der Waals surface area (Å²) < 4.78 is 33.2. The number of nitrogens with two attached hydrogens (primary N) is 1. The molecule has 544 valence electrons. The van der Waals surface area contributed by atoms with Gasteiger partial charge in [-0.05, 0) is 154 Å². The second-order valence-corrected chi connectivity index (χ2v) is 25.9. The Labute approximate surface area is 594 Å². The van der Waals surface area contributed by atoms with Crippen molar-refractivity contribution in [2.24, 2.45) is 5.73 Å². The van der Waals surface area contributed by atoms with Crippen molar-refractivity contribution >= 4 is 19.8 Å². The molecule has 10 heteroatoms. The van der Waals surface area contributed by atoms with Crippen molar-refractivity contribution < 1.29 is 37.6 Å². The van der Waals surface area contributed by atoms with E-state index in [1.807, 2.05) is 0 Å². The van der Waals surface area contributed by atoms with Gasteiger partial charge in [0.15, 0.2) is 6.10 Å². The van der Waals surface area contributed by atoms with E-state index < -0.39 is 32.5 Å². The van der Waals surface area contributed by atoms with Crippen molar-refractivity contribution in [1.82, 2.24) is 0 Å². The number of hydrogen-bond donors (Lipinski definition) is 2. The summed E-state index contributed by atoms with van der Waals surface area (Å²) in [5, 5.41) is 0. The van der Waals surface area contributed by atoms with Gasteiger partial charge in [-0.15, -0.1) is 0 Å². The Kier molecular flexibility index (Phi) is 74.7. The molecule has 0 aromatic heterocycles. The number of phosphoric acid groups is 1. The van der Waals surface area contributed by atoms with Gasteiger partial charge in [-0.2, -0.15) is 0 Å². The van der Waals surface area contributed by atoms with E-state index in [-0.39, 0.29) is 32.6 Å². The first kappa shape index (κ1) is 91.3. The van der Waals surface area contributed by atoms with Crippen molar-refractivity contribution in [2.45, 2.75) is 290 Å². The molecule has 0 aromatic rings. The van der Waals surface area contributed by atoms with Gasteiger partial charge < -0.3 is 20.1 Å². The van der Waals surface area contributed by atoms with Crippen LogP contribution in [0, 0.1) is 0 Å². The second-order valence-electron chi connectivity index (χ2n) is 24.4. The Morgan fingerprint density at radius 2 is 0.536 bits per heavy atom. The summed E-state index contributed by atoms with van der Waals surface area (Å²) in [5.41, 5.74) is 5.41. The van der Waals surface area contributed by atoms with Gasteiger partial charge in [0.2, 0.25) is 0 Å². The summed E-state index contributed by atoms with van der Waals surface area (Å²) >= 11 is 0. The summed E-state index contributed by atoms with van der Waals surface area (Å²) in [6.07, 6.45) is 123. The van der Waals surface area contributed by atoms with Crippen LogP contribution in [0.3, 0.4) is 0 Å². The number of hydrogen-bond acceptors (Lipinski definition) is 8. The van der Waals surface area contributed by atoms with Crippen molar-refractivity contribution in [2.75, 3.05) is 26.4 Å². The van der Waals surface area contributed by atoms with Gasteiger partial charge in [-0.25, -0.2) is 4.57 Å². The zero-order valence-corrected chi connectivity index (χ0v) is 62.1. The van der Waals surface area contributed by atoms with E-state index >= 15 is 0 Å². The number of unbranched alkanes of at least 4 members (excludes halogenated alkanes) is 20. The van der Waals surface area contributed by atoms with Crippen LogP contribution in [-0.2, 0) is 32.7 Å². The molecule has 9 nitrogen and oxygen atoms in total. The molecule has 0 aliphatic heterocycles. The number of ether oxygens (including phenoxy) is 2. The van der Waals surface area contributed by atoms with Crippen molar-refractivity contribution in [3.63, 3.8) is 0 Å². The van der Waals surface area contributed by atoms with Gasteiger partial charge in [0.05, 0.1) is 13.2 Å². The third-order valence-corrected chi connectivity index (χ3v) is 16.3. The van der Waals surface area contributed by atoms with Gasteiger partial charge in [0.25, 0.3) is 0 Å². The summed E-state index contributed by atoms with van der Waals surface area (Å²) in [5.74, 6) is -0.850. The summed E-state index contributed by atoms with van der Waals surface area (Å²) in [6, 6.07) is 0. The first-order valence-corrected chi connectivity index (χ1v) is 39.7. The fourth-order valence-electron chi connectivity index (χ4n) is 9.80. The molecule has 2 unspecified atom stereocenters. The van der Waals surface area contributed by atoms with E-state index in [0.29, 0.717) is 6.42 Å². The lowest BCUT2D eigenvalue weighted by Crippen LogP contribution is -2.29. The van der Waals surface area contributed by atoms with Crippen molar-refractivity contribution in [1.29, 1.82) is 0 Å². The van der Waals surface area contributed by atoms with Crippen LogP contribution in [0.25, 0.3) is 0 Å². The van der Waals surface area contributed by atoms with E-state index in [0.717, 1.165) is 167 Å². The van der Waals surface area contributed by atoms with Crippen LogP contribution in [0.15, 0.2) is 219 Å². The highest BCUT2D eigenvalue weighted by atomic mass is 31.2. The van der Waals surface area contributed by atoms with Crippen LogP contribution in [0.1, 0.15) is 284 Å². The summed E-state index contributed by atoms with van der Waals surface area (Å²) in [7, 11) is -4.41. The molecule has 0 saturated heterocycles. The van der Waals surface area contributed by atoms with Crippen LogP contribution in [0.4, 0.5) is 0 Å². The van der Waals surface area contributed by atoms with E-state index in [1.165, 1.54) is 83.5 Å². The largest absolute Gasteiger partial charge is 0.472 e. The monoisotopic (exact) mass is 1360 g/mol. The average Bonchev–Trinajstić information content (AvgIpc) is 2.88. The first-order valence-electron chi connectivity index (χ1n) is 38.2. The molecule has 3 N–H and O–H groups in total. The molecule has 0 aromatic carbocycles. The molecule has 2 atom stereocenters. The van der Waals surface area contributed by atoms with Crippen LogP contribution >= 0.6 is 7.82 Å². The Morgan fingerprint density at radius 3 is 0.794 bits per heavy atom. The minimum absolute atomic E-state index is 0.0414. The van der Waals surface area contributed by atoms with E-state index in [4.69, 9.17) is 24.3 Å². The lowest BCUT2D eigenvalue weighted by atomic mass is 10.0. The maximum absolute atomic E-state index is 12.8. The van der Waals surface area contributed by atoms with E-state index in [9.17, 15) is 19.0 Å². The molecular weight excluding hydrogens is 1220 g/mol. The number of phosphoric ester groups is 1. The number of carbonyl (C=O) groups is 2. The Hall–Kier alpha value is -5.67. The minimum Gasteiger partial charge on any atom is -0.462 e. The fourth-order valence-corrected chi connectivity index (χ4v) is 10.6. The highest BCUT2D eigenvalue weighted by molar-refractivity contribution is 7.47. The quantitative estimate of drug-likeness (QED) is 0.0264. The van der Waals surface area contributed by atoms with E-state index in [1.54, 1.807) is 0 Å². The van der Waals surface area contributed by atoms with Crippen LogP contribution < -0.4 is 5.73 Å². The predicted octanol–water partition coefficient (Wildman–Crippen LogP) is 26.0. The standard InChI is InChI=1S/C87H138NO8P/c1-3-5-7-9-11-13-15-17-19-21-23-25-27-29-31-33-35-37-39-41-42-44-46-48-50-52-54-56-58-60-62-64-66-68-70-72-74-76-78-80-87(90)96-85(84-95-97(91,92)94-82-81-88)83-93-86(89)79-77-75-73-71-69-67-65-63-61-59-57-55-53-51-49-47-45-43-40-38-36-34-32-30-28-26-24-22-20-18-16-14-12-10-8-6-4-2/h5-8,11-14,17-20,23-26,29-32,35-38,41-43,45-46,48-49,51-52,54,58,60,85H,3-4,9-10,15-16,21-22,27-28,33-34,39-40,44,47,50,53,55-57,59,61-84,88H2,1-2H3,(H,91,92)/b7-5-,8-6-,13-11-,14-12-,19-17-,20-18-,25-23-,26-24-,31-29-,32-30-,37-35-,38-36-,42-41-,45-43-,48-46-,51-49-,54-52-,60-58-. The zero-order chi connectivity index (χ0) is 70.0. The van der Waals surface area contributed by atoms with E-state index in [2.05, 4.69) is 233 Å². The van der Waals surface area contributed by atoms with Gasteiger partial charge >= 0.3 is 19.8 Å². The lowest BCUT2D eigenvalue weighted by molar-refractivity contribution is -0.161. The predicted molar refractivity (Wildman–Crippen MR) is 421 cm³/mol. The van der Waals surface area contributed by atoms with Gasteiger partial charge in [0, 0.05) is 19.4 Å². The topological polar surface area (TPSA) is 134 Å². The van der Waals surface area contributed by atoms with Gasteiger partial charge in [-0.1, -0.05) is 335 Å². The highest BCUT2D eigenvalue weighted by Gasteiger charge is 2.26.